The Morgan fingerprint density at radius 2 is 1.60 bits per heavy atom. The van der Waals surface area contributed by atoms with Gasteiger partial charge in [0.25, 0.3) is 0 Å². The van der Waals surface area contributed by atoms with Crippen LogP contribution in [0.5, 0.6) is 0 Å². The number of aromatic nitrogens is 2. The lowest BCUT2D eigenvalue weighted by atomic mass is 10.0. The highest BCUT2D eigenvalue weighted by molar-refractivity contribution is 5.89. The van der Waals surface area contributed by atoms with Crippen LogP contribution in [0.3, 0.4) is 0 Å². The zero-order valence-corrected chi connectivity index (χ0v) is 11.1. The molecule has 98 valence electrons. The summed E-state index contributed by atoms with van der Waals surface area (Å²) in [5.74, 6) is 0.928. The normalized spacial score (nSPS) is 16.0. The summed E-state index contributed by atoms with van der Waals surface area (Å²) in [6.45, 7) is 0. The van der Waals surface area contributed by atoms with Crippen molar-refractivity contribution in [3.8, 4) is 0 Å². The number of anilines is 1. The maximum absolute atomic E-state index is 4.44. The van der Waals surface area contributed by atoms with Gasteiger partial charge in [-0.15, -0.1) is 0 Å². The molecule has 1 saturated carbocycles. The maximum atomic E-state index is 4.44. The predicted molar refractivity (Wildman–Crippen MR) is 80.5 cm³/mol. The summed E-state index contributed by atoms with van der Waals surface area (Å²) in [5.41, 5.74) is 2.37. The minimum absolute atomic E-state index is 0.0540. The zero-order valence-electron chi connectivity index (χ0n) is 11.1. The molecule has 20 heavy (non-hydrogen) atoms. The van der Waals surface area contributed by atoms with Crippen LogP contribution < -0.4 is 5.32 Å². The molecule has 0 radical (unpaired) electrons. The molecule has 1 N–H and O–H groups in total. The van der Waals surface area contributed by atoms with Crippen molar-refractivity contribution >= 4 is 16.7 Å². The first-order valence-electron chi connectivity index (χ1n) is 6.91. The minimum atomic E-state index is 0.0540. The van der Waals surface area contributed by atoms with Gasteiger partial charge in [-0.2, -0.15) is 0 Å². The van der Waals surface area contributed by atoms with Gasteiger partial charge in [0.1, 0.15) is 12.1 Å². The van der Waals surface area contributed by atoms with Crippen molar-refractivity contribution in [2.75, 3.05) is 5.32 Å². The Bertz CT molecular complexity index is 743. The van der Waals surface area contributed by atoms with Crippen molar-refractivity contribution in [1.82, 2.24) is 9.97 Å². The Labute approximate surface area is 117 Å². The lowest BCUT2D eigenvalue weighted by Gasteiger charge is -2.19. The third-order valence-electron chi connectivity index (χ3n) is 3.98. The first-order chi connectivity index (χ1) is 9.87. The van der Waals surface area contributed by atoms with E-state index < -0.39 is 0 Å². The molecule has 0 unspecified atom stereocenters. The molecule has 1 fully saturated rings. The van der Waals surface area contributed by atoms with Gasteiger partial charge in [0, 0.05) is 5.39 Å². The second-order valence-corrected chi connectivity index (χ2v) is 5.31. The lowest BCUT2D eigenvalue weighted by molar-refractivity contribution is 0.802. The van der Waals surface area contributed by atoms with Gasteiger partial charge in [-0.1, -0.05) is 42.5 Å². The smallest absolute Gasteiger partial charge is 0.137 e. The van der Waals surface area contributed by atoms with E-state index in [1.54, 1.807) is 6.33 Å². The molecule has 0 amide bonds. The molecule has 0 aliphatic heterocycles. The van der Waals surface area contributed by atoms with Crippen LogP contribution in [-0.2, 0) is 5.54 Å². The van der Waals surface area contributed by atoms with E-state index in [0.717, 1.165) is 29.6 Å². The third kappa shape index (κ3) is 1.83. The van der Waals surface area contributed by atoms with Gasteiger partial charge < -0.3 is 5.32 Å². The number of nitrogens with one attached hydrogen (secondary N) is 1. The average molecular weight is 261 g/mol. The largest absolute Gasteiger partial charge is 0.360 e. The van der Waals surface area contributed by atoms with Crippen molar-refractivity contribution in [3.63, 3.8) is 0 Å². The molecule has 4 rings (SSSR count). The quantitative estimate of drug-likeness (QED) is 0.780. The lowest BCUT2D eigenvalue weighted by Crippen LogP contribution is -2.19. The first kappa shape index (κ1) is 11.4. The van der Waals surface area contributed by atoms with Crippen molar-refractivity contribution < 1.29 is 0 Å². The third-order valence-corrected chi connectivity index (χ3v) is 3.98. The molecule has 0 bridgehead atoms. The number of nitrogens with zero attached hydrogens (tertiary/aromatic N) is 2. The van der Waals surface area contributed by atoms with Crippen LogP contribution in [-0.4, -0.2) is 9.97 Å². The van der Waals surface area contributed by atoms with Crippen LogP contribution >= 0.6 is 0 Å². The monoisotopic (exact) mass is 261 g/mol. The first-order valence-corrected chi connectivity index (χ1v) is 6.91. The van der Waals surface area contributed by atoms with Gasteiger partial charge in [0.15, 0.2) is 0 Å². The molecular formula is C17H15N3. The van der Waals surface area contributed by atoms with E-state index in [1.807, 2.05) is 18.2 Å². The summed E-state index contributed by atoms with van der Waals surface area (Å²) in [5, 5.41) is 4.72. The fourth-order valence-corrected chi connectivity index (χ4v) is 2.70. The summed E-state index contributed by atoms with van der Waals surface area (Å²) in [6.07, 6.45) is 3.93. The van der Waals surface area contributed by atoms with Crippen LogP contribution in [0.2, 0.25) is 0 Å². The Hall–Kier alpha value is -2.42. The summed E-state index contributed by atoms with van der Waals surface area (Å²) in [6, 6.07) is 18.7. The van der Waals surface area contributed by atoms with Crippen LogP contribution in [0.25, 0.3) is 10.9 Å². The van der Waals surface area contributed by atoms with Gasteiger partial charge in [0.2, 0.25) is 0 Å². The fraction of sp³-hybridized carbons (Fsp3) is 0.176. The Morgan fingerprint density at radius 1 is 0.850 bits per heavy atom. The Morgan fingerprint density at radius 3 is 2.40 bits per heavy atom. The van der Waals surface area contributed by atoms with E-state index >= 15 is 0 Å². The standard InChI is InChI=1S/C17H15N3/c1-2-6-13(7-3-1)17(10-11-17)20-16-14-8-4-5-9-15(14)18-12-19-16/h1-9,12H,10-11H2,(H,18,19,20). The van der Waals surface area contributed by atoms with Gasteiger partial charge >= 0.3 is 0 Å². The number of benzene rings is 2. The molecule has 1 aliphatic carbocycles. The molecule has 0 spiro atoms. The van der Waals surface area contributed by atoms with E-state index in [0.29, 0.717) is 0 Å². The zero-order chi connectivity index (χ0) is 13.4. The number of hydrogen-bond acceptors (Lipinski definition) is 3. The van der Waals surface area contributed by atoms with Crippen molar-refractivity contribution in [3.05, 3.63) is 66.5 Å². The topological polar surface area (TPSA) is 37.8 Å². The SMILES string of the molecule is c1ccc(C2(Nc3ncnc4ccccc34)CC2)cc1. The van der Waals surface area contributed by atoms with Crippen molar-refractivity contribution in [1.29, 1.82) is 0 Å². The number of para-hydroxylation sites is 1. The van der Waals surface area contributed by atoms with Gasteiger partial charge in [-0.3, -0.25) is 0 Å². The van der Waals surface area contributed by atoms with E-state index in [2.05, 4.69) is 51.7 Å². The van der Waals surface area contributed by atoms with E-state index in [1.165, 1.54) is 5.56 Å². The summed E-state index contributed by atoms with van der Waals surface area (Å²) < 4.78 is 0. The molecule has 1 aliphatic rings. The van der Waals surface area contributed by atoms with Crippen LogP contribution in [0.15, 0.2) is 60.9 Å². The Balaban J connectivity index is 1.75. The highest BCUT2D eigenvalue weighted by Gasteiger charge is 2.44. The van der Waals surface area contributed by atoms with Gasteiger partial charge in [-0.05, 0) is 30.5 Å². The minimum Gasteiger partial charge on any atom is -0.360 e. The fourth-order valence-electron chi connectivity index (χ4n) is 2.70. The van der Waals surface area contributed by atoms with Crippen molar-refractivity contribution in [2.45, 2.75) is 18.4 Å². The molecule has 3 heteroatoms. The highest BCUT2D eigenvalue weighted by atomic mass is 15.1. The number of fused-ring (bicyclic) bond motifs is 1. The van der Waals surface area contributed by atoms with E-state index in [9.17, 15) is 0 Å². The second-order valence-electron chi connectivity index (χ2n) is 5.31. The predicted octanol–water partition coefficient (Wildman–Crippen LogP) is 3.73. The van der Waals surface area contributed by atoms with Crippen molar-refractivity contribution in [2.24, 2.45) is 0 Å². The molecule has 0 saturated heterocycles. The molecule has 3 nitrogen and oxygen atoms in total. The number of hydrogen-bond donors (Lipinski definition) is 1. The summed E-state index contributed by atoms with van der Waals surface area (Å²) in [4.78, 5) is 8.75. The van der Waals surface area contributed by atoms with Gasteiger partial charge in [-0.25, -0.2) is 9.97 Å². The molecule has 0 atom stereocenters. The van der Waals surface area contributed by atoms with Gasteiger partial charge in [0.05, 0.1) is 11.1 Å². The summed E-state index contributed by atoms with van der Waals surface area (Å²) >= 11 is 0. The molecule has 1 aromatic heterocycles. The van der Waals surface area contributed by atoms with Crippen LogP contribution in [0.1, 0.15) is 18.4 Å². The van der Waals surface area contributed by atoms with E-state index in [4.69, 9.17) is 0 Å². The second kappa shape index (κ2) is 4.30. The molecule has 3 aromatic rings. The maximum Gasteiger partial charge on any atom is 0.137 e. The molecular weight excluding hydrogens is 246 g/mol. The molecule has 1 heterocycles. The number of rotatable bonds is 3. The van der Waals surface area contributed by atoms with Crippen LogP contribution in [0.4, 0.5) is 5.82 Å². The molecule has 2 aromatic carbocycles. The average Bonchev–Trinajstić information content (AvgIpc) is 3.30. The summed E-state index contributed by atoms with van der Waals surface area (Å²) in [7, 11) is 0. The van der Waals surface area contributed by atoms with Crippen LogP contribution in [0, 0.1) is 0 Å². The Kier molecular flexibility index (Phi) is 2.46. The highest BCUT2D eigenvalue weighted by Crippen LogP contribution is 2.48. The van der Waals surface area contributed by atoms with E-state index in [-0.39, 0.29) is 5.54 Å².